The predicted octanol–water partition coefficient (Wildman–Crippen LogP) is 2.51. The molecule has 1 aliphatic carbocycles. The van der Waals surface area contributed by atoms with Gasteiger partial charge >= 0.3 is 5.97 Å². The molecule has 0 aromatic heterocycles. The molecule has 0 bridgehead atoms. The SMILES string of the molecule is C[C@H]1[C@@H](NC(=O)COC(=O)c2ccc3c(c2)OCO3)CCC[C@@H]1C. The molecule has 6 heteroatoms. The summed E-state index contributed by atoms with van der Waals surface area (Å²) in [6, 6.07) is 4.97. The van der Waals surface area contributed by atoms with E-state index in [0.717, 1.165) is 12.8 Å². The first-order valence-electron chi connectivity index (χ1n) is 8.40. The minimum atomic E-state index is -0.548. The van der Waals surface area contributed by atoms with Gasteiger partial charge in [-0.3, -0.25) is 4.79 Å². The van der Waals surface area contributed by atoms with Crippen molar-refractivity contribution in [1.82, 2.24) is 5.32 Å². The van der Waals surface area contributed by atoms with E-state index in [0.29, 0.717) is 28.9 Å². The summed E-state index contributed by atoms with van der Waals surface area (Å²) < 4.78 is 15.5. The summed E-state index contributed by atoms with van der Waals surface area (Å²) in [5, 5.41) is 2.99. The molecule has 0 unspecified atom stereocenters. The number of amides is 1. The third kappa shape index (κ3) is 3.63. The van der Waals surface area contributed by atoms with Crippen molar-refractivity contribution in [2.75, 3.05) is 13.4 Å². The van der Waals surface area contributed by atoms with Gasteiger partial charge < -0.3 is 19.5 Å². The molecule has 1 aliphatic heterocycles. The Kier molecular flexibility index (Phi) is 4.92. The quantitative estimate of drug-likeness (QED) is 0.857. The summed E-state index contributed by atoms with van der Waals surface area (Å²) in [4.78, 5) is 24.1. The summed E-state index contributed by atoms with van der Waals surface area (Å²) in [7, 11) is 0. The highest BCUT2D eigenvalue weighted by atomic mass is 16.7. The molecular formula is C18H23NO5. The molecule has 2 aliphatic rings. The first-order chi connectivity index (χ1) is 11.5. The smallest absolute Gasteiger partial charge is 0.338 e. The molecule has 0 radical (unpaired) electrons. The lowest BCUT2D eigenvalue weighted by Gasteiger charge is -2.34. The maximum Gasteiger partial charge on any atom is 0.338 e. The summed E-state index contributed by atoms with van der Waals surface area (Å²) in [5.41, 5.74) is 0.340. The van der Waals surface area contributed by atoms with Crippen molar-refractivity contribution in [2.45, 2.75) is 39.2 Å². The molecule has 1 aromatic carbocycles. The van der Waals surface area contributed by atoms with Crippen molar-refractivity contribution < 1.29 is 23.8 Å². The first-order valence-corrected chi connectivity index (χ1v) is 8.40. The Hall–Kier alpha value is -2.24. The van der Waals surface area contributed by atoms with Gasteiger partial charge in [0.2, 0.25) is 6.79 Å². The van der Waals surface area contributed by atoms with Crippen molar-refractivity contribution in [3.63, 3.8) is 0 Å². The van der Waals surface area contributed by atoms with Crippen LogP contribution in [-0.2, 0) is 9.53 Å². The normalized spacial score (nSPS) is 25.2. The molecule has 0 spiro atoms. The van der Waals surface area contributed by atoms with Crippen LogP contribution in [0.1, 0.15) is 43.5 Å². The third-order valence-electron chi connectivity index (χ3n) is 5.00. The lowest BCUT2D eigenvalue weighted by Crippen LogP contribution is -2.45. The molecule has 6 nitrogen and oxygen atoms in total. The zero-order chi connectivity index (χ0) is 17.1. The van der Waals surface area contributed by atoms with E-state index < -0.39 is 5.97 Å². The van der Waals surface area contributed by atoms with Gasteiger partial charge in [0.25, 0.3) is 5.91 Å². The number of ether oxygens (including phenoxy) is 3. The number of carbonyl (C=O) groups is 2. The Balaban J connectivity index is 1.50. The molecule has 1 aromatic rings. The Bertz CT molecular complexity index is 630. The topological polar surface area (TPSA) is 73.9 Å². The average Bonchev–Trinajstić information content (AvgIpc) is 3.04. The third-order valence-corrected chi connectivity index (χ3v) is 5.00. The van der Waals surface area contributed by atoms with E-state index in [1.165, 1.54) is 6.42 Å². The fourth-order valence-electron chi connectivity index (χ4n) is 3.27. The lowest BCUT2D eigenvalue weighted by atomic mass is 9.78. The Labute approximate surface area is 141 Å². The van der Waals surface area contributed by atoms with Crippen LogP contribution in [0.25, 0.3) is 0 Å². The van der Waals surface area contributed by atoms with Gasteiger partial charge in [-0.05, 0) is 36.5 Å². The predicted molar refractivity (Wildman–Crippen MR) is 87.0 cm³/mol. The highest BCUT2D eigenvalue weighted by Gasteiger charge is 2.28. The Morgan fingerprint density at radius 3 is 2.83 bits per heavy atom. The molecule has 1 amide bonds. The molecule has 1 fully saturated rings. The van der Waals surface area contributed by atoms with Crippen LogP contribution in [0, 0.1) is 11.8 Å². The van der Waals surface area contributed by atoms with Crippen LogP contribution in [0.5, 0.6) is 11.5 Å². The van der Waals surface area contributed by atoms with E-state index in [9.17, 15) is 9.59 Å². The molecule has 130 valence electrons. The number of benzene rings is 1. The molecule has 1 N–H and O–H groups in total. The second-order valence-corrected chi connectivity index (χ2v) is 6.59. The van der Waals surface area contributed by atoms with Gasteiger partial charge in [0.05, 0.1) is 5.56 Å². The van der Waals surface area contributed by atoms with Gasteiger partial charge in [0.15, 0.2) is 18.1 Å². The highest BCUT2D eigenvalue weighted by molar-refractivity contribution is 5.92. The summed E-state index contributed by atoms with van der Waals surface area (Å²) in [6.45, 7) is 4.25. The van der Waals surface area contributed by atoms with Gasteiger partial charge in [-0.1, -0.05) is 26.7 Å². The van der Waals surface area contributed by atoms with Crippen molar-refractivity contribution in [3.8, 4) is 11.5 Å². The van der Waals surface area contributed by atoms with Crippen LogP contribution in [0.4, 0.5) is 0 Å². The van der Waals surface area contributed by atoms with Crippen LogP contribution >= 0.6 is 0 Å². The van der Waals surface area contributed by atoms with Crippen LogP contribution in [0.3, 0.4) is 0 Å². The first kappa shape index (κ1) is 16.6. The molecular weight excluding hydrogens is 310 g/mol. The van der Waals surface area contributed by atoms with E-state index >= 15 is 0 Å². The van der Waals surface area contributed by atoms with Gasteiger partial charge in [0, 0.05) is 6.04 Å². The van der Waals surface area contributed by atoms with E-state index in [2.05, 4.69) is 19.2 Å². The number of nitrogens with one attached hydrogen (secondary N) is 1. The maximum atomic E-state index is 12.1. The second-order valence-electron chi connectivity index (χ2n) is 6.59. The van der Waals surface area contributed by atoms with Crippen molar-refractivity contribution in [2.24, 2.45) is 11.8 Å². The summed E-state index contributed by atoms with van der Waals surface area (Å²) in [5.74, 6) is 1.35. The van der Waals surface area contributed by atoms with E-state index in [-0.39, 0.29) is 25.3 Å². The number of fused-ring (bicyclic) bond motifs is 1. The monoisotopic (exact) mass is 333 g/mol. The van der Waals surface area contributed by atoms with Crippen LogP contribution in [0.15, 0.2) is 18.2 Å². The fourth-order valence-corrected chi connectivity index (χ4v) is 3.27. The fraction of sp³-hybridized carbons (Fsp3) is 0.556. The lowest BCUT2D eigenvalue weighted by molar-refractivity contribution is -0.125. The Morgan fingerprint density at radius 1 is 1.21 bits per heavy atom. The van der Waals surface area contributed by atoms with Crippen LogP contribution in [0.2, 0.25) is 0 Å². The summed E-state index contributed by atoms with van der Waals surface area (Å²) in [6.07, 6.45) is 3.30. The summed E-state index contributed by atoms with van der Waals surface area (Å²) >= 11 is 0. The number of esters is 1. The zero-order valence-corrected chi connectivity index (χ0v) is 14.0. The number of rotatable bonds is 4. The number of hydrogen-bond acceptors (Lipinski definition) is 5. The largest absolute Gasteiger partial charge is 0.454 e. The molecule has 24 heavy (non-hydrogen) atoms. The van der Waals surface area contributed by atoms with Crippen LogP contribution < -0.4 is 14.8 Å². The molecule has 3 rings (SSSR count). The maximum absolute atomic E-state index is 12.1. The van der Waals surface area contributed by atoms with E-state index in [1.807, 2.05) is 0 Å². The van der Waals surface area contributed by atoms with Crippen LogP contribution in [-0.4, -0.2) is 31.3 Å². The van der Waals surface area contributed by atoms with E-state index in [1.54, 1.807) is 18.2 Å². The molecule has 1 heterocycles. The standard InChI is InChI=1S/C18H23NO5/c1-11-4-3-5-14(12(11)2)19-17(20)9-22-18(21)13-6-7-15-16(8-13)24-10-23-15/h6-8,11-12,14H,3-5,9-10H2,1-2H3,(H,19,20)/t11-,12+,14-/m0/s1. The molecule has 3 atom stereocenters. The van der Waals surface area contributed by atoms with Crippen molar-refractivity contribution in [1.29, 1.82) is 0 Å². The van der Waals surface area contributed by atoms with Gasteiger partial charge in [-0.25, -0.2) is 4.79 Å². The van der Waals surface area contributed by atoms with Gasteiger partial charge in [-0.15, -0.1) is 0 Å². The van der Waals surface area contributed by atoms with Gasteiger partial charge in [-0.2, -0.15) is 0 Å². The zero-order valence-electron chi connectivity index (χ0n) is 14.0. The Morgan fingerprint density at radius 2 is 2.00 bits per heavy atom. The highest BCUT2D eigenvalue weighted by Crippen LogP contribution is 2.32. The minimum absolute atomic E-state index is 0.147. The number of hydrogen-bond donors (Lipinski definition) is 1. The number of carbonyl (C=O) groups excluding carboxylic acids is 2. The molecule has 1 saturated carbocycles. The molecule has 0 saturated heterocycles. The van der Waals surface area contributed by atoms with Crippen molar-refractivity contribution in [3.05, 3.63) is 23.8 Å². The van der Waals surface area contributed by atoms with Gasteiger partial charge in [0.1, 0.15) is 0 Å². The van der Waals surface area contributed by atoms with Crippen molar-refractivity contribution >= 4 is 11.9 Å². The van der Waals surface area contributed by atoms with E-state index in [4.69, 9.17) is 14.2 Å². The average molecular weight is 333 g/mol. The minimum Gasteiger partial charge on any atom is -0.454 e. The second kappa shape index (κ2) is 7.11.